The van der Waals surface area contributed by atoms with Crippen LogP contribution >= 0.6 is 11.6 Å². The summed E-state index contributed by atoms with van der Waals surface area (Å²) in [5, 5.41) is 24.1. The average molecular weight is 542 g/mol. The fraction of sp³-hybridized carbons (Fsp3) is 0.357. The maximum absolute atomic E-state index is 11.3. The highest BCUT2D eigenvalue weighted by Crippen LogP contribution is 2.31. The van der Waals surface area contributed by atoms with E-state index in [9.17, 15) is 14.4 Å². The summed E-state index contributed by atoms with van der Waals surface area (Å²) < 4.78 is 5.49. The van der Waals surface area contributed by atoms with Crippen molar-refractivity contribution >= 4 is 46.1 Å². The number of carbonyl (C=O) groups is 3. The first-order valence-corrected chi connectivity index (χ1v) is 12.8. The molecular formula is C28H32ClN3O6. The third-order valence-corrected chi connectivity index (χ3v) is 6.68. The monoisotopic (exact) mass is 541 g/mol. The van der Waals surface area contributed by atoms with E-state index in [1.165, 1.54) is 38.4 Å². The van der Waals surface area contributed by atoms with Crippen molar-refractivity contribution in [1.29, 1.82) is 0 Å². The van der Waals surface area contributed by atoms with Gasteiger partial charge in [-0.2, -0.15) is 0 Å². The number of halogens is 1. The summed E-state index contributed by atoms with van der Waals surface area (Å²) in [4.78, 5) is 33.0. The van der Waals surface area contributed by atoms with Gasteiger partial charge in [0.1, 0.15) is 0 Å². The van der Waals surface area contributed by atoms with Gasteiger partial charge in [-0.1, -0.05) is 47.1 Å². The SMILES string of the molecule is CC(=O)Nc1cc2onc(CCC3CCN(CCc4ccccc4)CC3)c2cc1Cl.O=C(O)/C=C/C(=O)O. The second kappa shape index (κ2) is 14.3. The van der Waals surface area contributed by atoms with Crippen molar-refractivity contribution in [3.63, 3.8) is 0 Å². The molecule has 3 N–H and O–H groups in total. The Balaban J connectivity index is 0.000000436. The van der Waals surface area contributed by atoms with Crippen molar-refractivity contribution in [2.45, 2.75) is 39.0 Å². The van der Waals surface area contributed by atoms with E-state index in [-0.39, 0.29) is 5.91 Å². The van der Waals surface area contributed by atoms with Crippen molar-refractivity contribution in [3.8, 4) is 0 Å². The lowest BCUT2D eigenvalue weighted by Gasteiger charge is -2.31. The van der Waals surface area contributed by atoms with Crippen LogP contribution in [0.2, 0.25) is 5.02 Å². The van der Waals surface area contributed by atoms with Crippen LogP contribution in [0.5, 0.6) is 0 Å². The van der Waals surface area contributed by atoms with Crippen LogP contribution in [0.1, 0.15) is 37.4 Å². The first-order chi connectivity index (χ1) is 18.2. The molecule has 0 saturated carbocycles. The average Bonchev–Trinajstić information content (AvgIpc) is 3.28. The molecule has 4 rings (SSSR count). The normalized spacial score (nSPS) is 14.3. The third kappa shape index (κ3) is 9.32. The van der Waals surface area contributed by atoms with Crippen molar-refractivity contribution in [1.82, 2.24) is 10.1 Å². The molecule has 0 aliphatic carbocycles. The minimum Gasteiger partial charge on any atom is -0.478 e. The highest BCUT2D eigenvalue weighted by molar-refractivity contribution is 6.34. The number of hydrogen-bond donors (Lipinski definition) is 3. The van der Waals surface area contributed by atoms with Crippen molar-refractivity contribution in [3.05, 3.63) is 70.9 Å². The van der Waals surface area contributed by atoms with Gasteiger partial charge in [0.15, 0.2) is 5.58 Å². The summed E-state index contributed by atoms with van der Waals surface area (Å²) in [6.07, 6.45) is 6.70. The summed E-state index contributed by atoms with van der Waals surface area (Å²) in [5.74, 6) is -1.95. The second-order valence-electron chi connectivity index (χ2n) is 9.21. The molecule has 1 saturated heterocycles. The number of carboxylic acids is 2. The van der Waals surface area contributed by atoms with Crippen molar-refractivity contribution in [2.75, 3.05) is 25.0 Å². The smallest absolute Gasteiger partial charge is 0.328 e. The van der Waals surface area contributed by atoms with Gasteiger partial charge in [0.2, 0.25) is 5.91 Å². The van der Waals surface area contributed by atoms with Gasteiger partial charge in [-0.25, -0.2) is 9.59 Å². The predicted octanol–water partition coefficient (Wildman–Crippen LogP) is 5.04. The standard InChI is InChI=1S/C24H28ClN3O2.C4H4O4/c1-17(29)26-23-16-24-20(15-21(23)25)22(27-30-24)8-7-19-10-13-28(14-11-19)12-9-18-5-3-2-4-6-18;5-3(6)1-2-4(7)8/h2-6,15-16,19H,7-14H2,1H3,(H,26,29);1-2H,(H,5,6)(H,7,8)/b;2-1+. The number of benzene rings is 2. The molecule has 1 aromatic heterocycles. The Bertz CT molecular complexity index is 1250. The quantitative estimate of drug-likeness (QED) is 0.321. The molecule has 0 atom stereocenters. The number of hydrogen-bond acceptors (Lipinski definition) is 6. The molecule has 2 heterocycles. The number of rotatable bonds is 9. The van der Waals surface area contributed by atoms with Gasteiger partial charge in [0, 0.05) is 37.1 Å². The lowest BCUT2D eigenvalue weighted by molar-refractivity contribution is -0.134. The lowest BCUT2D eigenvalue weighted by atomic mass is 9.91. The van der Waals surface area contributed by atoms with E-state index < -0.39 is 11.9 Å². The molecule has 202 valence electrons. The van der Waals surface area contributed by atoms with Gasteiger partial charge in [-0.15, -0.1) is 0 Å². The molecule has 38 heavy (non-hydrogen) atoms. The van der Waals surface area contributed by atoms with Crippen LogP contribution in [0.4, 0.5) is 5.69 Å². The summed E-state index contributed by atoms with van der Waals surface area (Å²) in [6.45, 7) is 4.94. The number of anilines is 1. The number of nitrogens with zero attached hydrogens (tertiary/aromatic N) is 2. The summed E-state index contributed by atoms with van der Waals surface area (Å²) in [7, 11) is 0. The Hall–Kier alpha value is -3.69. The van der Waals surface area contributed by atoms with Crippen LogP contribution in [0.3, 0.4) is 0 Å². The van der Waals surface area contributed by atoms with E-state index in [1.54, 1.807) is 6.07 Å². The van der Waals surface area contributed by atoms with Crippen LogP contribution in [0, 0.1) is 5.92 Å². The summed E-state index contributed by atoms with van der Waals surface area (Å²) in [5.41, 5.74) is 3.58. The minimum atomic E-state index is -1.26. The zero-order chi connectivity index (χ0) is 27.5. The maximum Gasteiger partial charge on any atom is 0.328 e. The summed E-state index contributed by atoms with van der Waals surface area (Å²) in [6, 6.07) is 14.3. The highest BCUT2D eigenvalue weighted by atomic mass is 35.5. The van der Waals surface area contributed by atoms with Crippen molar-refractivity contribution < 1.29 is 29.1 Å². The number of nitrogens with one attached hydrogen (secondary N) is 1. The summed E-state index contributed by atoms with van der Waals surface area (Å²) >= 11 is 6.33. The minimum absolute atomic E-state index is 0.161. The predicted molar refractivity (Wildman–Crippen MR) is 145 cm³/mol. The first kappa shape index (κ1) is 28.9. The van der Waals surface area contributed by atoms with Crippen LogP contribution in [0.25, 0.3) is 11.0 Å². The van der Waals surface area contributed by atoms with Gasteiger partial charge >= 0.3 is 11.9 Å². The number of piperidine rings is 1. The number of fused-ring (bicyclic) bond motifs is 1. The zero-order valence-electron chi connectivity index (χ0n) is 21.2. The maximum atomic E-state index is 11.3. The molecular weight excluding hydrogens is 510 g/mol. The van der Waals surface area contributed by atoms with Gasteiger partial charge in [0.25, 0.3) is 0 Å². The van der Waals surface area contributed by atoms with Crippen molar-refractivity contribution in [2.24, 2.45) is 5.92 Å². The Morgan fingerprint density at radius 3 is 2.34 bits per heavy atom. The van der Waals surface area contributed by atoms with Gasteiger partial charge in [-0.3, -0.25) is 4.79 Å². The van der Waals surface area contributed by atoms with Crippen LogP contribution in [-0.4, -0.2) is 57.7 Å². The number of likely N-dealkylation sites (tertiary alicyclic amines) is 1. The first-order valence-electron chi connectivity index (χ1n) is 12.5. The molecule has 1 fully saturated rings. The number of amides is 1. The number of carboxylic acid groups (broad SMARTS) is 2. The largest absolute Gasteiger partial charge is 0.478 e. The third-order valence-electron chi connectivity index (χ3n) is 6.37. The molecule has 1 aliphatic rings. The number of aliphatic carboxylic acids is 2. The highest BCUT2D eigenvalue weighted by Gasteiger charge is 2.20. The molecule has 0 radical (unpaired) electrons. The number of aromatic nitrogens is 1. The topological polar surface area (TPSA) is 133 Å². The molecule has 10 heteroatoms. The Kier molecular flexibility index (Phi) is 10.9. The molecule has 0 unspecified atom stereocenters. The van der Waals surface area contributed by atoms with E-state index in [1.807, 2.05) is 6.07 Å². The lowest BCUT2D eigenvalue weighted by Crippen LogP contribution is -2.35. The van der Waals surface area contributed by atoms with Crippen LogP contribution in [-0.2, 0) is 27.2 Å². The van der Waals surface area contributed by atoms with Gasteiger partial charge < -0.3 is 25.0 Å². The molecule has 1 amide bonds. The number of aryl methyl sites for hydroxylation is 1. The Morgan fingerprint density at radius 2 is 1.74 bits per heavy atom. The fourth-order valence-corrected chi connectivity index (χ4v) is 4.60. The Morgan fingerprint density at radius 1 is 1.08 bits per heavy atom. The molecule has 9 nitrogen and oxygen atoms in total. The Labute approximate surface area is 226 Å². The molecule has 2 aromatic carbocycles. The van der Waals surface area contributed by atoms with Gasteiger partial charge in [-0.05, 0) is 62.7 Å². The zero-order valence-corrected chi connectivity index (χ0v) is 22.0. The van der Waals surface area contributed by atoms with Gasteiger partial charge in [0.05, 0.1) is 16.4 Å². The fourth-order valence-electron chi connectivity index (χ4n) is 4.39. The van der Waals surface area contributed by atoms with E-state index in [0.717, 1.165) is 42.8 Å². The van der Waals surface area contributed by atoms with E-state index in [0.29, 0.717) is 28.4 Å². The molecule has 3 aromatic rings. The van der Waals surface area contributed by atoms with E-state index in [4.69, 9.17) is 26.3 Å². The van der Waals surface area contributed by atoms with Crippen LogP contribution < -0.4 is 5.32 Å². The molecule has 0 bridgehead atoms. The molecule has 0 spiro atoms. The van der Waals surface area contributed by atoms with E-state index >= 15 is 0 Å². The second-order valence-corrected chi connectivity index (χ2v) is 9.61. The molecule has 1 aliphatic heterocycles. The number of carbonyl (C=O) groups excluding carboxylic acids is 1. The van der Waals surface area contributed by atoms with E-state index in [2.05, 4.69) is 45.7 Å². The van der Waals surface area contributed by atoms with Crippen LogP contribution in [0.15, 0.2) is 59.1 Å².